The molecule has 9 heteroatoms. The zero-order chi connectivity index (χ0) is 16.4. The Kier molecular flexibility index (Phi) is 4.94. The maximum Gasteiger partial charge on any atom is 0.283 e. The number of carbonyl (C=O) groups excluding carboxylic acids is 1. The Morgan fingerprint density at radius 2 is 2.09 bits per heavy atom. The molecular formula is C13H16BrF2N5O. The van der Waals surface area contributed by atoms with Crippen LogP contribution < -0.4 is 5.32 Å². The first-order valence-electron chi connectivity index (χ1n) is 6.56. The van der Waals surface area contributed by atoms with Crippen LogP contribution in [0.15, 0.2) is 10.7 Å². The lowest BCUT2D eigenvalue weighted by Gasteiger charge is -2.06. The zero-order valence-corrected chi connectivity index (χ0v) is 14.0. The number of hydrogen-bond acceptors (Lipinski definition) is 3. The molecule has 2 rings (SSSR count). The van der Waals surface area contributed by atoms with E-state index in [0.717, 1.165) is 11.3 Å². The van der Waals surface area contributed by atoms with Crippen LogP contribution >= 0.6 is 15.9 Å². The van der Waals surface area contributed by atoms with E-state index < -0.39 is 6.43 Å². The molecule has 0 aliphatic heterocycles. The molecule has 0 radical (unpaired) electrons. The molecule has 0 saturated carbocycles. The van der Waals surface area contributed by atoms with E-state index in [0.29, 0.717) is 12.2 Å². The van der Waals surface area contributed by atoms with Crippen molar-refractivity contribution in [3.8, 4) is 0 Å². The van der Waals surface area contributed by atoms with Crippen molar-refractivity contribution in [3.63, 3.8) is 0 Å². The molecule has 0 bridgehead atoms. The molecule has 0 aliphatic rings. The predicted octanol–water partition coefficient (Wildman–Crippen LogP) is 2.25. The molecule has 120 valence electrons. The summed E-state index contributed by atoms with van der Waals surface area (Å²) in [5.74, 6) is -0.304. The van der Waals surface area contributed by atoms with Gasteiger partial charge >= 0.3 is 0 Å². The molecule has 0 unspecified atom stereocenters. The summed E-state index contributed by atoms with van der Waals surface area (Å²) in [5, 5.41) is 10.6. The second kappa shape index (κ2) is 6.55. The Morgan fingerprint density at radius 3 is 2.59 bits per heavy atom. The number of hydrogen-bond donors (Lipinski definition) is 1. The van der Waals surface area contributed by atoms with Crippen LogP contribution in [0.4, 0.5) is 8.78 Å². The highest BCUT2D eigenvalue weighted by Crippen LogP contribution is 2.28. The first-order valence-corrected chi connectivity index (χ1v) is 7.35. The molecule has 1 N–H and O–H groups in total. The molecule has 22 heavy (non-hydrogen) atoms. The van der Waals surface area contributed by atoms with Gasteiger partial charge in [0.1, 0.15) is 12.2 Å². The normalized spacial score (nSPS) is 11.2. The van der Waals surface area contributed by atoms with Gasteiger partial charge in [-0.25, -0.2) is 8.78 Å². The van der Waals surface area contributed by atoms with E-state index in [1.807, 2.05) is 14.0 Å². The highest BCUT2D eigenvalue weighted by Gasteiger charge is 2.21. The summed E-state index contributed by atoms with van der Waals surface area (Å²) in [5.41, 5.74) is 2.00. The fourth-order valence-corrected chi connectivity index (χ4v) is 2.40. The van der Waals surface area contributed by atoms with Crippen molar-refractivity contribution in [1.82, 2.24) is 24.9 Å². The molecule has 2 aromatic heterocycles. The van der Waals surface area contributed by atoms with Gasteiger partial charge in [0.15, 0.2) is 0 Å². The van der Waals surface area contributed by atoms with Crippen LogP contribution in [0.1, 0.15) is 29.1 Å². The molecule has 1 amide bonds. The van der Waals surface area contributed by atoms with Crippen LogP contribution in [0.2, 0.25) is 0 Å². The molecular weight excluding hydrogens is 360 g/mol. The van der Waals surface area contributed by atoms with Gasteiger partial charge in [-0.05, 0) is 29.8 Å². The summed E-state index contributed by atoms with van der Waals surface area (Å²) in [4.78, 5) is 11.9. The van der Waals surface area contributed by atoms with Gasteiger partial charge in [0, 0.05) is 24.8 Å². The van der Waals surface area contributed by atoms with Crippen LogP contribution in [0.5, 0.6) is 0 Å². The third-order valence-corrected chi connectivity index (χ3v) is 4.45. The second-order valence-electron chi connectivity index (χ2n) is 4.90. The fraction of sp³-hybridized carbons (Fsp3) is 0.462. The van der Waals surface area contributed by atoms with Crippen molar-refractivity contribution in [2.75, 3.05) is 0 Å². The molecule has 0 saturated heterocycles. The van der Waals surface area contributed by atoms with Crippen molar-refractivity contribution < 1.29 is 13.6 Å². The molecule has 2 heterocycles. The standard InChI is InChI=1S/C13H16BrF2N5O/c1-7-9(5-18-20(7)3)4-17-10(22)6-21-8(2)11(14)12(19-21)13(15)16/h5,13H,4,6H2,1-3H3,(H,17,22). The third-order valence-electron chi connectivity index (χ3n) is 3.47. The first-order chi connectivity index (χ1) is 10.3. The minimum atomic E-state index is -2.68. The maximum atomic E-state index is 12.8. The van der Waals surface area contributed by atoms with Gasteiger partial charge in [-0.2, -0.15) is 10.2 Å². The number of aromatic nitrogens is 4. The van der Waals surface area contributed by atoms with E-state index in [1.165, 1.54) is 4.68 Å². The molecule has 0 fully saturated rings. The molecule has 2 aromatic rings. The van der Waals surface area contributed by atoms with Crippen molar-refractivity contribution in [1.29, 1.82) is 0 Å². The van der Waals surface area contributed by atoms with E-state index in [-0.39, 0.29) is 22.6 Å². The third kappa shape index (κ3) is 3.34. The molecule has 6 nitrogen and oxygen atoms in total. The minimum absolute atomic E-state index is 0.115. The summed E-state index contributed by atoms with van der Waals surface area (Å²) in [6.45, 7) is 3.75. The SMILES string of the molecule is Cc1c(CNC(=O)Cn2nc(C(F)F)c(Br)c2C)cnn1C. The lowest BCUT2D eigenvalue weighted by Crippen LogP contribution is -2.28. The van der Waals surface area contributed by atoms with Gasteiger partial charge in [0.2, 0.25) is 5.91 Å². The topological polar surface area (TPSA) is 64.7 Å². The van der Waals surface area contributed by atoms with Gasteiger partial charge < -0.3 is 5.32 Å². The van der Waals surface area contributed by atoms with Crippen molar-refractivity contribution in [3.05, 3.63) is 33.3 Å². The van der Waals surface area contributed by atoms with E-state index in [9.17, 15) is 13.6 Å². The van der Waals surface area contributed by atoms with Gasteiger partial charge in [0.25, 0.3) is 6.43 Å². The smallest absolute Gasteiger partial charge is 0.283 e. The Balaban J connectivity index is 2.01. The minimum Gasteiger partial charge on any atom is -0.350 e. The number of amides is 1. The largest absolute Gasteiger partial charge is 0.350 e. The average molecular weight is 376 g/mol. The number of alkyl halides is 2. The maximum absolute atomic E-state index is 12.8. The van der Waals surface area contributed by atoms with Crippen molar-refractivity contribution >= 4 is 21.8 Å². The Bertz CT molecular complexity index is 695. The number of nitrogens with zero attached hydrogens (tertiary/aromatic N) is 4. The Labute approximate surface area is 134 Å². The van der Waals surface area contributed by atoms with Gasteiger partial charge in [-0.15, -0.1) is 0 Å². The van der Waals surface area contributed by atoms with E-state index >= 15 is 0 Å². The van der Waals surface area contributed by atoms with E-state index in [4.69, 9.17) is 0 Å². The summed E-state index contributed by atoms with van der Waals surface area (Å²) in [6, 6.07) is 0. The average Bonchev–Trinajstić information content (AvgIpc) is 2.92. The molecule has 0 aromatic carbocycles. The summed E-state index contributed by atoms with van der Waals surface area (Å²) >= 11 is 3.07. The lowest BCUT2D eigenvalue weighted by atomic mass is 10.2. The monoisotopic (exact) mass is 375 g/mol. The zero-order valence-electron chi connectivity index (χ0n) is 12.4. The van der Waals surface area contributed by atoms with Crippen LogP contribution in [0.3, 0.4) is 0 Å². The molecule has 0 spiro atoms. The highest BCUT2D eigenvalue weighted by molar-refractivity contribution is 9.10. The molecule has 0 atom stereocenters. The summed E-state index contributed by atoms with van der Waals surface area (Å²) < 4.78 is 28.7. The number of rotatable bonds is 5. The van der Waals surface area contributed by atoms with E-state index in [1.54, 1.807) is 17.8 Å². The molecule has 0 aliphatic carbocycles. The number of halogens is 3. The highest BCUT2D eigenvalue weighted by atomic mass is 79.9. The number of aryl methyl sites for hydroxylation is 1. The fourth-order valence-electron chi connectivity index (χ4n) is 1.94. The van der Waals surface area contributed by atoms with E-state index in [2.05, 4.69) is 31.4 Å². The van der Waals surface area contributed by atoms with Crippen LogP contribution in [-0.4, -0.2) is 25.5 Å². The number of carbonyl (C=O) groups is 1. The quantitative estimate of drug-likeness (QED) is 0.871. The Morgan fingerprint density at radius 1 is 1.41 bits per heavy atom. The van der Waals surface area contributed by atoms with Gasteiger partial charge in [0.05, 0.1) is 16.4 Å². The summed E-state index contributed by atoms with van der Waals surface area (Å²) in [7, 11) is 1.82. The van der Waals surface area contributed by atoms with Crippen LogP contribution in [0, 0.1) is 13.8 Å². The number of nitrogens with one attached hydrogen (secondary N) is 1. The predicted molar refractivity (Wildman–Crippen MR) is 79.4 cm³/mol. The lowest BCUT2D eigenvalue weighted by molar-refractivity contribution is -0.122. The van der Waals surface area contributed by atoms with Crippen molar-refractivity contribution in [2.45, 2.75) is 33.4 Å². The van der Waals surface area contributed by atoms with Crippen LogP contribution in [0.25, 0.3) is 0 Å². The summed E-state index contributed by atoms with van der Waals surface area (Å²) in [6.07, 6.45) is -1.00. The second-order valence-corrected chi connectivity index (χ2v) is 5.69. The van der Waals surface area contributed by atoms with Gasteiger partial charge in [-0.3, -0.25) is 14.2 Å². The van der Waals surface area contributed by atoms with Crippen LogP contribution in [-0.2, 0) is 24.9 Å². The Hall–Kier alpha value is -1.77. The van der Waals surface area contributed by atoms with Gasteiger partial charge in [-0.1, -0.05) is 0 Å². The van der Waals surface area contributed by atoms with Crippen molar-refractivity contribution in [2.24, 2.45) is 7.05 Å². The first kappa shape index (κ1) is 16.6.